The Morgan fingerprint density at radius 2 is 2.18 bits per heavy atom. The van der Waals surface area contributed by atoms with Crippen LogP contribution in [-0.4, -0.2) is 9.97 Å². The van der Waals surface area contributed by atoms with E-state index in [9.17, 15) is 0 Å². The maximum atomic E-state index is 9.06. The Morgan fingerprint density at radius 1 is 1.41 bits per heavy atom. The van der Waals surface area contributed by atoms with Crippen LogP contribution in [0, 0.1) is 18.3 Å². The van der Waals surface area contributed by atoms with Gasteiger partial charge in [-0.2, -0.15) is 5.26 Å². The van der Waals surface area contributed by atoms with Crippen molar-refractivity contribution >= 4 is 0 Å². The van der Waals surface area contributed by atoms with E-state index in [4.69, 9.17) is 5.26 Å². The van der Waals surface area contributed by atoms with E-state index in [1.807, 2.05) is 0 Å². The van der Waals surface area contributed by atoms with Crippen molar-refractivity contribution < 1.29 is 0 Å². The molecule has 0 radical (unpaired) electrons. The van der Waals surface area contributed by atoms with Crippen LogP contribution in [0.5, 0.6) is 0 Å². The predicted molar refractivity (Wildman–Crippen MR) is 65.0 cm³/mol. The molecule has 0 aliphatic carbocycles. The quantitative estimate of drug-likeness (QED) is 0.838. The Balaban J connectivity index is 1.97. The zero-order chi connectivity index (χ0) is 12.1. The number of aromatic nitrogens is 2. The summed E-state index contributed by atoms with van der Waals surface area (Å²) in [5.41, 5.74) is 3.19. The van der Waals surface area contributed by atoms with Crippen molar-refractivity contribution in [2.75, 3.05) is 0 Å². The van der Waals surface area contributed by atoms with Crippen molar-refractivity contribution in [1.82, 2.24) is 15.3 Å². The summed E-state index contributed by atoms with van der Waals surface area (Å²) in [5.74, 6) is 0. The zero-order valence-electron chi connectivity index (χ0n) is 9.64. The van der Waals surface area contributed by atoms with Gasteiger partial charge in [-0.25, -0.2) is 4.98 Å². The fourth-order valence-corrected chi connectivity index (χ4v) is 1.58. The van der Waals surface area contributed by atoms with E-state index in [2.05, 4.69) is 52.5 Å². The Bertz CT molecular complexity index is 493. The summed E-state index contributed by atoms with van der Waals surface area (Å²) >= 11 is 0. The number of nitrogens with zero attached hydrogens (tertiary/aromatic N) is 2. The van der Waals surface area contributed by atoms with E-state index in [0.29, 0.717) is 6.54 Å². The summed E-state index contributed by atoms with van der Waals surface area (Å²) in [7, 11) is 0. The molecule has 1 aromatic carbocycles. The Labute approximate surface area is 100 Å². The monoisotopic (exact) mass is 226 g/mol. The highest BCUT2D eigenvalue weighted by Gasteiger charge is 2.10. The number of H-pyrrole nitrogens is 1. The Morgan fingerprint density at radius 3 is 2.76 bits per heavy atom. The van der Waals surface area contributed by atoms with Gasteiger partial charge in [0, 0.05) is 6.54 Å². The normalized spacial score (nSPS) is 12.0. The third kappa shape index (κ3) is 2.92. The van der Waals surface area contributed by atoms with Crippen LogP contribution < -0.4 is 5.32 Å². The lowest BCUT2D eigenvalue weighted by atomic mass is 10.1. The summed E-state index contributed by atoms with van der Waals surface area (Å²) in [6.07, 6.45) is 3.24. The average Bonchev–Trinajstić information content (AvgIpc) is 2.86. The van der Waals surface area contributed by atoms with Crippen molar-refractivity contribution in [3.8, 4) is 6.07 Å². The number of aromatic amines is 1. The molecule has 4 heteroatoms. The van der Waals surface area contributed by atoms with Crippen molar-refractivity contribution in [2.24, 2.45) is 0 Å². The minimum absolute atomic E-state index is 0.348. The second-order valence-corrected chi connectivity index (χ2v) is 3.94. The number of hydrogen-bond acceptors (Lipinski definition) is 3. The van der Waals surface area contributed by atoms with E-state index in [-0.39, 0.29) is 6.04 Å². The molecule has 17 heavy (non-hydrogen) atoms. The first-order valence-electron chi connectivity index (χ1n) is 5.46. The van der Waals surface area contributed by atoms with Crippen LogP contribution in [-0.2, 0) is 6.54 Å². The van der Waals surface area contributed by atoms with Crippen LogP contribution in [0.25, 0.3) is 0 Å². The van der Waals surface area contributed by atoms with Crippen LogP contribution in [0.15, 0.2) is 36.8 Å². The van der Waals surface area contributed by atoms with Gasteiger partial charge in [-0.1, -0.05) is 29.8 Å². The third-order valence-electron chi connectivity index (χ3n) is 2.59. The van der Waals surface area contributed by atoms with Crippen molar-refractivity contribution in [3.63, 3.8) is 0 Å². The molecule has 0 fully saturated rings. The lowest BCUT2D eigenvalue weighted by Gasteiger charge is -2.09. The van der Waals surface area contributed by atoms with Crippen LogP contribution in [0.3, 0.4) is 0 Å². The van der Waals surface area contributed by atoms with Crippen LogP contribution in [0.1, 0.15) is 22.9 Å². The molecule has 1 atom stereocenters. The lowest BCUT2D eigenvalue weighted by Crippen LogP contribution is -2.19. The third-order valence-corrected chi connectivity index (χ3v) is 2.59. The first kappa shape index (κ1) is 11.4. The summed E-state index contributed by atoms with van der Waals surface area (Å²) in [4.78, 5) is 6.85. The highest BCUT2D eigenvalue weighted by atomic mass is 15.0. The summed E-state index contributed by atoms with van der Waals surface area (Å²) in [6.45, 7) is 2.72. The average molecular weight is 226 g/mol. The number of imidazole rings is 1. The van der Waals surface area contributed by atoms with Crippen molar-refractivity contribution in [2.45, 2.75) is 19.5 Å². The molecular formula is C13H14N4. The topological polar surface area (TPSA) is 64.5 Å². The molecule has 0 aliphatic rings. The van der Waals surface area contributed by atoms with Gasteiger partial charge in [-0.3, -0.25) is 5.32 Å². The smallest absolute Gasteiger partial charge is 0.138 e. The molecule has 2 aromatic rings. The van der Waals surface area contributed by atoms with E-state index in [0.717, 1.165) is 11.3 Å². The molecule has 0 saturated carbocycles. The van der Waals surface area contributed by atoms with Crippen LogP contribution >= 0.6 is 0 Å². The standard InChI is InChI=1S/C13H14N4/c1-10-2-4-11(5-3-10)7-16-12(6-14)13-8-15-9-17-13/h2-5,8-9,12,16H,7H2,1H3,(H,15,17). The fraction of sp³-hybridized carbons (Fsp3) is 0.231. The number of benzene rings is 1. The second-order valence-electron chi connectivity index (χ2n) is 3.94. The maximum Gasteiger partial charge on any atom is 0.138 e. The van der Waals surface area contributed by atoms with Gasteiger partial charge in [0.1, 0.15) is 6.04 Å². The van der Waals surface area contributed by atoms with Gasteiger partial charge >= 0.3 is 0 Å². The van der Waals surface area contributed by atoms with Gasteiger partial charge in [0.2, 0.25) is 0 Å². The van der Waals surface area contributed by atoms with Crippen molar-refractivity contribution in [3.05, 3.63) is 53.6 Å². The first-order chi connectivity index (χ1) is 8.29. The summed E-state index contributed by atoms with van der Waals surface area (Å²) in [6, 6.07) is 10.1. The van der Waals surface area contributed by atoms with Gasteiger partial charge in [0.15, 0.2) is 0 Å². The molecule has 0 aliphatic heterocycles. The van der Waals surface area contributed by atoms with Gasteiger partial charge < -0.3 is 4.98 Å². The molecule has 0 spiro atoms. The van der Waals surface area contributed by atoms with E-state index in [1.165, 1.54) is 5.56 Å². The number of hydrogen-bond donors (Lipinski definition) is 2. The van der Waals surface area contributed by atoms with E-state index in [1.54, 1.807) is 12.5 Å². The van der Waals surface area contributed by atoms with Gasteiger partial charge in [0.25, 0.3) is 0 Å². The van der Waals surface area contributed by atoms with Gasteiger partial charge in [-0.15, -0.1) is 0 Å². The Kier molecular flexibility index (Phi) is 3.53. The zero-order valence-corrected chi connectivity index (χ0v) is 9.64. The molecule has 1 unspecified atom stereocenters. The largest absolute Gasteiger partial charge is 0.346 e. The predicted octanol–water partition coefficient (Wildman–Crippen LogP) is 2.07. The number of nitriles is 1. The van der Waals surface area contributed by atoms with Gasteiger partial charge in [0.05, 0.1) is 24.3 Å². The minimum atomic E-state index is -0.348. The molecule has 0 amide bonds. The van der Waals surface area contributed by atoms with Crippen LogP contribution in [0.4, 0.5) is 0 Å². The summed E-state index contributed by atoms with van der Waals surface area (Å²) < 4.78 is 0. The molecule has 0 bridgehead atoms. The number of aryl methyl sites for hydroxylation is 1. The van der Waals surface area contributed by atoms with E-state index < -0.39 is 0 Å². The lowest BCUT2D eigenvalue weighted by molar-refractivity contribution is 0.619. The van der Waals surface area contributed by atoms with Crippen molar-refractivity contribution in [1.29, 1.82) is 5.26 Å². The SMILES string of the molecule is Cc1ccc(CNC(C#N)c2cnc[nH]2)cc1. The molecule has 1 heterocycles. The highest BCUT2D eigenvalue weighted by molar-refractivity contribution is 5.22. The molecule has 4 nitrogen and oxygen atoms in total. The number of rotatable bonds is 4. The molecule has 2 rings (SSSR count). The first-order valence-corrected chi connectivity index (χ1v) is 5.46. The minimum Gasteiger partial charge on any atom is -0.346 e. The number of nitrogens with one attached hydrogen (secondary N) is 2. The molecule has 1 aromatic heterocycles. The Hall–Kier alpha value is -2.12. The molecule has 0 saturated heterocycles. The molecular weight excluding hydrogens is 212 g/mol. The van der Waals surface area contributed by atoms with E-state index >= 15 is 0 Å². The van der Waals surface area contributed by atoms with Crippen LogP contribution in [0.2, 0.25) is 0 Å². The molecule has 86 valence electrons. The maximum absolute atomic E-state index is 9.06. The van der Waals surface area contributed by atoms with Gasteiger partial charge in [-0.05, 0) is 12.5 Å². The summed E-state index contributed by atoms with van der Waals surface area (Å²) in [5, 5.41) is 12.2. The highest BCUT2D eigenvalue weighted by Crippen LogP contribution is 2.09. The fourth-order valence-electron chi connectivity index (χ4n) is 1.58. The molecule has 2 N–H and O–H groups in total. The second kappa shape index (κ2) is 5.28.